The number of ether oxygens (including phenoxy) is 1. The van der Waals surface area contributed by atoms with Crippen molar-refractivity contribution in [1.29, 1.82) is 0 Å². The molecule has 2 aromatic rings. The van der Waals surface area contributed by atoms with Gasteiger partial charge in [-0.3, -0.25) is 4.79 Å². The van der Waals surface area contributed by atoms with Crippen molar-refractivity contribution in [2.75, 3.05) is 19.8 Å². The zero-order valence-corrected chi connectivity index (χ0v) is 14.7. The van der Waals surface area contributed by atoms with Crippen molar-refractivity contribution in [3.05, 3.63) is 36.0 Å². The molecule has 1 amide bonds. The van der Waals surface area contributed by atoms with E-state index in [1.807, 2.05) is 36.2 Å². The zero-order valence-electron chi connectivity index (χ0n) is 14.7. The van der Waals surface area contributed by atoms with Crippen LogP contribution in [0.2, 0.25) is 0 Å². The summed E-state index contributed by atoms with van der Waals surface area (Å²) in [4.78, 5) is 18.2. The van der Waals surface area contributed by atoms with Crippen molar-refractivity contribution in [3.8, 4) is 0 Å². The standard InChI is InChI=1S/C20H26N2O3/c1-20(24)8-10-25-13-16(20)18-7-4-9-22(18)19(23)11-14-12-21-17-6-3-2-5-15(14)17/h2-3,5-6,12,16,18,21,24H,4,7-11,13H2,1H3/t16-,18+,20+/m1/s1. The highest BCUT2D eigenvalue weighted by Crippen LogP contribution is 2.36. The van der Waals surface area contributed by atoms with Gasteiger partial charge in [0.05, 0.1) is 18.6 Å². The Morgan fingerprint density at radius 2 is 2.28 bits per heavy atom. The highest BCUT2D eigenvalue weighted by molar-refractivity contribution is 5.89. The second-order valence-electron chi connectivity index (χ2n) is 7.62. The first-order valence-corrected chi connectivity index (χ1v) is 9.21. The lowest BCUT2D eigenvalue weighted by Gasteiger charge is -2.43. The molecular formula is C20H26N2O3. The van der Waals surface area contributed by atoms with Gasteiger partial charge >= 0.3 is 0 Å². The number of rotatable bonds is 3. The molecule has 3 heterocycles. The lowest BCUT2D eigenvalue weighted by molar-refractivity contribution is -0.144. The van der Waals surface area contributed by atoms with Crippen LogP contribution in [-0.2, 0) is 16.0 Å². The van der Waals surface area contributed by atoms with Gasteiger partial charge in [-0.25, -0.2) is 0 Å². The molecule has 1 aromatic carbocycles. The highest BCUT2D eigenvalue weighted by Gasteiger charge is 2.45. The molecule has 2 saturated heterocycles. The summed E-state index contributed by atoms with van der Waals surface area (Å²) in [5.41, 5.74) is 1.34. The monoisotopic (exact) mass is 342 g/mol. The number of aliphatic hydroxyl groups is 1. The average molecular weight is 342 g/mol. The predicted octanol–water partition coefficient (Wildman–Crippen LogP) is 2.49. The summed E-state index contributed by atoms with van der Waals surface area (Å²) in [6, 6.07) is 8.15. The third kappa shape index (κ3) is 3.07. The minimum Gasteiger partial charge on any atom is -0.390 e. The van der Waals surface area contributed by atoms with Crippen LogP contribution in [0.5, 0.6) is 0 Å². The van der Waals surface area contributed by atoms with Gasteiger partial charge in [0.1, 0.15) is 0 Å². The van der Waals surface area contributed by atoms with Crippen LogP contribution < -0.4 is 0 Å². The molecule has 25 heavy (non-hydrogen) atoms. The van der Waals surface area contributed by atoms with Crippen molar-refractivity contribution in [2.24, 2.45) is 5.92 Å². The van der Waals surface area contributed by atoms with Gasteiger partial charge < -0.3 is 19.7 Å². The zero-order chi connectivity index (χ0) is 17.4. The molecule has 2 aliphatic heterocycles. The number of hydrogen-bond acceptors (Lipinski definition) is 3. The summed E-state index contributed by atoms with van der Waals surface area (Å²) >= 11 is 0. The number of benzene rings is 1. The number of para-hydroxylation sites is 1. The smallest absolute Gasteiger partial charge is 0.227 e. The molecule has 134 valence electrons. The summed E-state index contributed by atoms with van der Waals surface area (Å²) in [6.07, 6.45) is 4.92. The lowest BCUT2D eigenvalue weighted by atomic mass is 9.79. The molecule has 3 atom stereocenters. The number of aromatic nitrogens is 1. The Labute approximate surface area is 148 Å². The number of fused-ring (bicyclic) bond motifs is 1. The van der Waals surface area contributed by atoms with Crippen molar-refractivity contribution in [2.45, 2.75) is 44.2 Å². The van der Waals surface area contributed by atoms with Crippen LogP contribution in [0.1, 0.15) is 31.7 Å². The van der Waals surface area contributed by atoms with Gasteiger partial charge in [-0.05, 0) is 37.8 Å². The first-order chi connectivity index (χ1) is 12.1. The quantitative estimate of drug-likeness (QED) is 0.901. The van der Waals surface area contributed by atoms with Gasteiger partial charge in [0.15, 0.2) is 0 Å². The van der Waals surface area contributed by atoms with Gasteiger partial charge in [-0.2, -0.15) is 0 Å². The van der Waals surface area contributed by atoms with Crippen LogP contribution in [0.25, 0.3) is 10.9 Å². The predicted molar refractivity (Wildman–Crippen MR) is 96.3 cm³/mol. The first kappa shape index (κ1) is 16.6. The molecule has 2 N–H and O–H groups in total. The van der Waals surface area contributed by atoms with Crippen LogP contribution in [-0.4, -0.2) is 52.3 Å². The van der Waals surface area contributed by atoms with Crippen molar-refractivity contribution >= 4 is 16.8 Å². The number of amides is 1. The topological polar surface area (TPSA) is 65.6 Å². The Morgan fingerprint density at radius 3 is 3.12 bits per heavy atom. The fourth-order valence-electron chi connectivity index (χ4n) is 4.44. The van der Waals surface area contributed by atoms with Gasteiger partial charge in [0.25, 0.3) is 0 Å². The number of hydrogen-bond donors (Lipinski definition) is 2. The number of aromatic amines is 1. The van der Waals surface area contributed by atoms with Gasteiger partial charge in [0.2, 0.25) is 5.91 Å². The second-order valence-corrected chi connectivity index (χ2v) is 7.62. The SMILES string of the molecule is C[C@]1(O)CCOC[C@@H]1[C@@H]1CCCN1C(=O)Cc1c[nH]c2ccccc12. The van der Waals surface area contributed by atoms with E-state index in [0.29, 0.717) is 26.1 Å². The molecule has 2 fully saturated rings. The number of H-pyrrole nitrogens is 1. The molecule has 0 unspecified atom stereocenters. The summed E-state index contributed by atoms with van der Waals surface area (Å²) in [7, 11) is 0. The summed E-state index contributed by atoms with van der Waals surface area (Å²) in [6.45, 7) is 3.80. The maximum atomic E-state index is 13.0. The summed E-state index contributed by atoms with van der Waals surface area (Å²) in [5, 5.41) is 11.9. The van der Waals surface area contributed by atoms with E-state index < -0.39 is 5.60 Å². The fraction of sp³-hybridized carbons (Fsp3) is 0.550. The maximum Gasteiger partial charge on any atom is 0.227 e. The van der Waals surface area contributed by atoms with Gasteiger partial charge in [-0.1, -0.05) is 18.2 Å². The van der Waals surface area contributed by atoms with Crippen LogP contribution in [0.4, 0.5) is 0 Å². The van der Waals surface area contributed by atoms with E-state index in [-0.39, 0.29) is 17.9 Å². The molecule has 0 radical (unpaired) electrons. The van der Waals surface area contributed by atoms with Crippen LogP contribution >= 0.6 is 0 Å². The first-order valence-electron chi connectivity index (χ1n) is 9.21. The molecule has 5 heteroatoms. The number of likely N-dealkylation sites (tertiary alicyclic amines) is 1. The van der Waals surface area contributed by atoms with Crippen molar-refractivity contribution in [1.82, 2.24) is 9.88 Å². The molecule has 5 nitrogen and oxygen atoms in total. The van der Waals surface area contributed by atoms with Gasteiger partial charge in [0, 0.05) is 42.2 Å². The second kappa shape index (κ2) is 6.46. The van der Waals surface area contributed by atoms with E-state index in [2.05, 4.69) is 11.1 Å². The van der Waals surface area contributed by atoms with Crippen LogP contribution in [0.3, 0.4) is 0 Å². The lowest BCUT2D eigenvalue weighted by Crippen LogP contribution is -2.53. The summed E-state index contributed by atoms with van der Waals surface area (Å²) < 4.78 is 5.62. The molecule has 1 aromatic heterocycles. The van der Waals surface area contributed by atoms with E-state index in [9.17, 15) is 9.90 Å². The molecule has 0 saturated carbocycles. The normalized spacial score (nSPS) is 30.1. The number of carbonyl (C=O) groups excluding carboxylic acids is 1. The van der Waals surface area contributed by atoms with E-state index >= 15 is 0 Å². The average Bonchev–Trinajstić information content (AvgIpc) is 3.22. The van der Waals surface area contributed by atoms with Gasteiger partial charge in [-0.15, -0.1) is 0 Å². The molecular weight excluding hydrogens is 316 g/mol. The maximum absolute atomic E-state index is 13.0. The van der Waals surface area contributed by atoms with Crippen molar-refractivity contribution in [3.63, 3.8) is 0 Å². The Morgan fingerprint density at radius 1 is 1.44 bits per heavy atom. The van der Waals surface area contributed by atoms with Crippen LogP contribution in [0, 0.1) is 5.92 Å². The fourth-order valence-corrected chi connectivity index (χ4v) is 4.44. The Hall–Kier alpha value is -1.85. The number of carbonyl (C=O) groups is 1. The van der Waals surface area contributed by atoms with Crippen LogP contribution in [0.15, 0.2) is 30.5 Å². The third-order valence-electron chi connectivity index (χ3n) is 5.95. The third-order valence-corrected chi connectivity index (χ3v) is 5.95. The summed E-state index contributed by atoms with van der Waals surface area (Å²) in [5.74, 6) is 0.143. The molecule has 4 rings (SSSR count). The highest BCUT2D eigenvalue weighted by atomic mass is 16.5. The number of nitrogens with one attached hydrogen (secondary N) is 1. The Bertz CT molecular complexity index is 767. The minimum atomic E-state index is -0.757. The Kier molecular flexibility index (Phi) is 4.29. The molecule has 0 spiro atoms. The van der Waals surface area contributed by atoms with E-state index in [1.54, 1.807) is 0 Å². The largest absolute Gasteiger partial charge is 0.390 e. The van der Waals surface area contributed by atoms with Crippen molar-refractivity contribution < 1.29 is 14.6 Å². The van der Waals surface area contributed by atoms with E-state index in [0.717, 1.165) is 35.9 Å². The van der Waals surface area contributed by atoms with E-state index in [4.69, 9.17) is 4.74 Å². The molecule has 0 aliphatic carbocycles. The number of nitrogens with zero attached hydrogens (tertiary/aromatic N) is 1. The van der Waals surface area contributed by atoms with E-state index in [1.165, 1.54) is 0 Å². The molecule has 2 aliphatic rings. The minimum absolute atomic E-state index is 0.00401. The molecule has 0 bridgehead atoms. The Balaban J connectivity index is 1.53.